The van der Waals surface area contributed by atoms with Gasteiger partial charge in [-0.15, -0.1) is 0 Å². The molecule has 0 aromatic heterocycles. The van der Waals surface area contributed by atoms with Crippen LogP contribution in [0.5, 0.6) is 5.75 Å². The molecule has 4 heteroatoms. The Kier molecular flexibility index (Phi) is 5.43. The molecule has 0 aliphatic rings. The van der Waals surface area contributed by atoms with Crippen LogP contribution in [0.2, 0.25) is 0 Å². The van der Waals surface area contributed by atoms with Gasteiger partial charge >= 0.3 is 6.03 Å². The van der Waals surface area contributed by atoms with Gasteiger partial charge < -0.3 is 15.0 Å². The molecule has 1 aromatic carbocycles. The summed E-state index contributed by atoms with van der Waals surface area (Å²) >= 11 is 0. The van der Waals surface area contributed by atoms with Gasteiger partial charge in [0, 0.05) is 12.1 Å². The maximum Gasteiger partial charge on any atom is 0.320 e. The third-order valence-corrected chi connectivity index (χ3v) is 3.38. The molecule has 1 N–H and O–H groups in total. The lowest BCUT2D eigenvalue weighted by atomic mass is 10.1. The fourth-order valence-corrected chi connectivity index (χ4v) is 2.07. The first-order valence-electron chi connectivity index (χ1n) is 7.02. The first-order valence-corrected chi connectivity index (χ1v) is 7.02. The molecule has 1 rings (SSSR count). The Morgan fingerprint density at radius 2 is 1.95 bits per heavy atom. The van der Waals surface area contributed by atoms with Crippen LogP contribution >= 0.6 is 0 Å². The summed E-state index contributed by atoms with van der Waals surface area (Å²) < 4.78 is 5.64. The van der Waals surface area contributed by atoms with Gasteiger partial charge in [0.2, 0.25) is 0 Å². The highest BCUT2D eigenvalue weighted by Crippen LogP contribution is 2.20. The zero-order valence-corrected chi connectivity index (χ0v) is 13.4. The van der Waals surface area contributed by atoms with Gasteiger partial charge in [-0.1, -0.05) is 12.1 Å². The molecule has 0 fully saturated rings. The Morgan fingerprint density at radius 1 is 1.30 bits per heavy atom. The number of urea groups is 1. The van der Waals surface area contributed by atoms with Crippen LogP contribution in [0.4, 0.5) is 4.79 Å². The topological polar surface area (TPSA) is 41.6 Å². The van der Waals surface area contributed by atoms with Crippen LogP contribution in [0.3, 0.4) is 0 Å². The molecule has 0 atom stereocenters. The molecular formula is C16H26N2O2. The van der Waals surface area contributed by atoms with E-state index in [2.05, 4.69) is 5.32 Å². The van der Waals surface area contributed by atoms with Gasteiger partial charge in [-0.25, -0.2) is 4.79 Å². The van der Waals surface area contributed by atoms with Gasteiger partial charge in [0.1, 0.15) is 5.75 Å². The predicted molar refractivity (Wildman–Crippen MR) is 82.1 cm³/mol. The minimum atomic E-state index is -0.196. The maximum atomic E-state index is 12.1. The molecule has 0 aliphatic heterocycles. The van der Waals surface area contributed by atoms with Gasteiger partial charge in [-0.3, -0.25) is 0 Å². The van der Waals surface area contributed by atoms with Crippen LogP contribution in [-0.4, -0.2) is 29.7 Å². The number of ether oxygens (including phenoxy) is 1. The molecule has 0 bridgehead atoms. The van der Waals surface area contributed by atoms with Crippen molar-refractivity contribution in [1.82, 2.24) is 10.2 Å². The smallest absolute Gasteiger partial charge is 0.320 e. The van der Waals surface area contributed by atoms with Crippen molar-refractivity contribution in [3.63, 3.8) is 0 Å². The number of nitrogens with zero attached hydrogens (tertiary/aromatic N) is 1. The molecular weight excluding hydrogens is 252 g/mol. The van der Waals surface area contributed by atoms with Crippen molar-refractivity contribution in [2.45, 2.75) is 47.1 Å². The van der Waals surface area contributed by atoms with Crippen molar-refractivity contribution < 1.29 is 9.53 Å². The average molecular weight is 278 g/mol. The molecule has 2 amide bonds. The van der Waals surface area contributed by atoms with Crippen molar-refractivity contribution >= 4 is 6.03 Å². The van der Waals surface area contributed by atoms with E-state index in [1.165, 1.54) is 5.56 Å². The highest BCUT2D eigenvalue weighted by Gasteiger charge is 2.24. The van der Waals surface area contributed by atoms with E-state index in [9.17, 15) is 4.79 Å². The molecule has 0 saturated heterocycles. The number of carbonyl (C=O) groups excluding carboxylic acids is 1. The quantitative estimate of drug-likeness (QED) is 0.857. The van der Waals surface area contributed by atoms with Crippen LogP contribution in [0, 0.1) is 13.8 Å². The van der Waals surface area contributed by atoms with E-state index in [4.69, 9.17) is 4.74 Å². The fraction of sp³-hybridized carbons (Fsp3) is 0.562. The van der Waals surface area contributed by atoms with E-state index in [1.807, 2.05) is 59.7 Å². The van der Waals surface area contributed by atoms with E-state index in [0.29, 0.717) is 6.54 Å². The van der Waals surface area contributed by atoms with Gasteiger partial charge in [0.05, 0.1) is 0 Å². The monoisotopic (exact) mass is 278 g/mol. The molecule has 0 radical (unpaired) electrons. The van der Waals surface area contributed by atoms with Crippen LogP contribution in [0.15, 0.2) is 18.2 Å². The van der Waals surface area contributed by atoms with E-state index >= 15 is 0 Å². The van der Waals surface area contributed by atoms with Crippen molar-refractivity contribution in [2.24, 2.45) is 0 Å². The summed E-state index contributed by atoms with van der Waals surface area (Å²) in [7, 11) is 0. The summed E-state index contributed by atoms with van der Waals surface area (Å²) in [5.41, 5.74) is 2.08. The second-order valence-corrected chi connectivity index (χ2v) is 5.88. The number of benzene rings is 1. The molecule has 0 unspecified atom stereocenters. The zero-order chi connectivity index (χ0) is 15.3. The summed E-state index contributed by atoms with van der Waals surface area (Å²) in [4.78, 5) is 13.9. The van der Waals surface area contributed by atoms with Crippen LogP contribution in [-0.2, 0) is 0 Å². The number of nitrogens with one attached hydrogen (secondary N) is 1. The summed E-state index contributed by atoms with van der Waals surface area (Å²) in [6, 6.07) is 5.80. The highest BCUT2D eigenvalue weighted by molar-refractivity contribution is 5.74. The van der Waals surface area contributed by atoms with E-state index in [1.54, 1.807) is 4.90 Å². The zero-order valence-electron chi connectivity index (χ0n) is 13.4. The molecule has 112 valence electrons. The summed E-state index contributed by atoms with van der Waals surface area (Å²) in [6.07, 6.45) is 0. The van der Waals surface area contributed by atoms with Crippen molar-refractivity contribution in [3.8, 4) is 5.75 Å². The van der Waals surface area contributed by atoms with E-state index < -0.39 is 0 Å². The molecule has 0 spiro atoms. The molecule has 0 heterocycles. The minimum Gasteiger partial charge on any atom is -0.473 e. The van der Waals surface area contributed by atoms with Crippen molar-refractivity contribution in [1.29, 1.82) is 0 Å². The third-order valence-electron chi connectivity index (χ3n) is 3.38. The van der Waals surface area contributed by atoms with Crippen LogP contribution < -0.4 is 10.1 Å². The van der Waals surface area contributed by atoms with Gasteiger partial charge in [0.15, 0.2) is 6.73 Å². The first kappa shape index (κ1) is 16.3. The molecule has 20 heavy (non-hydrogen) atoms. The molecule has 4 nitrogen and oxygen atoms in total. The number of hydrogen-bond donors (Lipinski definition) is 1. The minimum absolute atomic E-state index is 0.106. The second-order valence-electron chi connectivity index (χ2n) is 5.88. The Hall–Kier alpha value is -1.71. The van der Waals surface area contributed by atoms with Crippen LogP contribution in [0.1, 0.15) is 38.8 Å². The third kappa shape index (κ3) is 4.15. The van der Waals surface area contributed by atoms with Gasteiger partial charge in [-0.2, -0.15) is 0 Å². The lowest BCUT2D eigenvalue weighted by molar-refractivity contribution is 0.141. The van der Waals surface area contributed by atoms with E-state index in [-0.39, 0.29) is 18.3 Å². The normalized spacial score (nSPS) is 11.1. The SMILES string of the molecule is CCN(C(=O)NCOc1cccc(C)c1C)C(C)(C)C. The van der Waals surface area contributed by atoms with Crippen molar-refractivity contribution in [2.75, 3.05) is 13.3 Å². The molecule has 0 aliphatic carbocycles. The number of amides is 2. The lowest BCUT2D eigenvalue weighted by Gasteiger charge is -2.34. The Balaban J connectivity index is 2.56. The number of carbonyl (C=O) groups is 1. The standard InChI is InChI=1S/C16H26N2O2/c1-7-18(16(4,5)6)15(19)17-11-20-14-10-8-9-12(2)13(14)3/h8-10H,7,11H2,1-6H3,(H,17,19). The summed E-state index contributed by atoms with van der Waals surface area (Å²) in [5.74, 6) is 0.809. The Bertz CT molecular complexity index is 464. The van der Waals surface area contributed by atoms with E-state index in [0.717, 1.165) is 11.3 Å². The maximum absolute atomic E-state index is 12.1. The fourth-order valence-electron chi connectivity index (χ4n) is 2.07. The summed E-state index contributed by atoms with van der Waals surface area (Å²) in [6.45, 7) is 12.9. The number of rotatable bonds is 4. The highest BCUT2D eigenvalue weighted by atomic mass is 16.5. The molecule has 0 saturated carbocycles. The first-order chi connectivity index (χ1) is 9.27. The predicted octanol–water partition coefficient (Wildman–Crippen LogP) is 3.47. The Labute approximate surface area is 122 Å². The Morgan fingerprint density at radius 3 is 2.50 bits per heavy atom. The van der Waals surface area contributed by atoms with Crippen molar-refractivity contribution in [3.05, 3.63) is 29.3 Å². The number of aryl methyl sites for hydroxylation is 1. The van der Waals surface area contributed by atoms with Crippen LogP contribution in [0.25, 0.3) is 0 Å². The summed E-state index contributed by atoms with van der Waals surface area (Å²) in [5, 5.41) is 2.80. The van der Waals surface area contributed by atoms with Gasteiger partial charge in [0.25, 0.3) is 0 Å². The molecule has 1 aromatic rings. The largest absolute Gasteiger partial charge is 0.473 e. The van der Waals surface area contributed by atoms with Gasteiger partial charge in [-0.05, 0) is 58.7 Å². The number of hydrogen-bond acceptors (Lipinski definition) is 2. The lowest BCUT2D eigenvalue weighted by Crippen LogP contribution is -2.50. The second kappa shape index (κ2) is 6.64. The average Bonchev–Trinajstić information content (AvgIpc) is 2.33.